The molecule has 1 N–H and O–H groups in total. The predicted octanol–water partition coefficient (Wildman–Crippen LogP) is 2.32. The number of piperidine rings is 1. The Hall–Kier alpha value is -0.610. The summed E-state index contributed by atoms with van der Waals surface area (Å²) >= 11 is 0. The summed E-state index contributed by atoms with van der Waals surface area (Å²) in [6.45, 7) is 7.08. The van der Waals surface area contributed by atoms with Crippen LogP contribution in [0.15, 0.2) is 0 Å². The monoisotopic (exact) mass is 294 g/mol. The van der Waals surface area contributed by atoms with Crippen molar-refractivity contribution in [2.75, 3.05) is 20.2 Å². The number of likely N-dealkylation sites (tertiary alicyclic amines) is 1. The fourth-order valence-corrected chi connectivity index (χ4v) is 4.30. The topological polar surface area (TPSA) is 41.6 Å². The zero-order chi connectivity index (χ0) is 15.1. The summed E-state index contributed by atoms with van der Waals surface area (Å²) in [5.74, 6) is -0.0480. The van der Waals surface area contributed by atoms with Gasteiger partial charge in [0.1, 0.15) is 5.54 Å². The smallest absolute Gasteiger partial charge is 0.326 e. The second kappa shape index (κ2) is 5.54. The molecule has 2 saturated carbocycles. The largest absolute Gasteiger partial charge is 0.468 e. The second-order valence-electron chi connectivity index (χ2n) is 8.13. The maximum absolute atomic E-state index is 12.4. The van der Waals surface area contributed by atoms with E-state index < -0.39 is 5.54 Å². The van der Waals surface area contributed by atoms with Gasteiger partial charge in [0.25, 0.3) is 0 Å². The summed E-state index contributed by atoms with van der Waals surface area (Å²) in [5.41, 5.74) is 0.000853. The molecular formula is C17H30N2O2. The molecule has 0 aromatic carbocycles. The van der Waals surface area contributed by atoms with Crippen LogP contribution in [0.2, 0.25) is 0 Å². The molecule has 0 aromatic heterocycles. The molecule has 1 saturated heterocycles. The van der Waals surface area contributed by atoms with Gasteiger partial charge in [-0.2, -0.15) is 0 Å². The first-order chi connectivity index (χ1) is 9.94. The highest BCUT2D eigenvalue weighted by atomic mass is 16.5. The Morgan fingerprint density at radius 1 is 1.24 bits per heavy atom. The van der Waals surface area contributed by atoms with Crippen LogP contribution < -0.4 is 5.32 Å². The molecule has 0 radical (unpaired) electrons. The molecule has 2 aliphatic carbocycles. The van der Waals surface area contributed by atoms with Gasteiger partial charge in [-0.3, -0.25) is 15.0 Å². The molecule has 21 heavy (non-hydrogen) atoms. The summed E-state index contributed by atoms with van der Waals surface area (Å²) in [5, 5.41) is 3.61. The number of nitrogens with zero attached hydrogens (tertiary/aromatic N) is 1. The van der Waals surface area contributed by atoms with Gasteiger partial charge in [-0.1, -0.05) is 13.8 Å². The zero-order valence-electron chi connectivity index (χ0n) is 13.8. The predicted molar refractivity (Wildman–Crippen MR) is 83.1 cm³/mol. The SMILES string of the molecule is COC(=O)C1(NC2CC2)CCC(N2CCCC(C)(C)C2)C1. The molecule has 3 fully saturated rings. The van der Waals surface area contributed by atoms with Crippen molar-refractivity contribution in [1.29, 1.82) is 0 Å². The van der Waals surface area contributed by atoms with Crippen molar-refractivity contribution in [2.24, 2.45) is 5.41 Å². The first-order valence-corrected chi connectivity index (χ1v) is 8.54. The summed E-state index contributed by atoms with van der Waals surface area (Å²) in [7, 11) is 1.52. The van der Waals surface area contributed by atoms with Crippen LogP contribution in [0.3, 0.4) is 0 Å². The van der Waals surface area contributed by atoms with Crippen molar-refractivity contribution in [3.05, 3.63) is 0 Å². The fourth-order valence-electron chi connectivity index (χ4n) is 4.30. The van der Waals surface area contributed by atoms with Gasteiger partial charge in [-0.15, -0.1) is 0 Å². The number of hydrogen-bond donors (Lipinski definition) is 1. The van der Waals surface area contributed by atoms with E-state index in [9.17, 15) is 4.79 Å². The van der Waals surface area contributed by atoms with Crippen LogP contribution in [0, 0.1) is 5.41 Å². The third kappa shape index (κ3) is 3.26. The van der Waals surface area contributed by atoms with Crippen molar-refractivity contribution < 1.29 is 9.53 Å². The van der Waals surface area contributed by atoms with E-state index in [4.69, 9.17) is 4.74 Å². The number of hydrogen-bond acceptors (Lipinski definition) is 4. The summed E-state index contributed by atoms with van der Waals surface area (Å²) in [4.78, 5) is 15.0. The van der Waals surface area contributed by atoms with E-state index in [1.165, 1.54) is 45.9 Å². The lowest BCUT2D eigenvalue weighted by molar-refractivity contribution is -0.148. The third-order valence-electron chi connectivity index (χ3n) is 5.57. The minimum Gasteiger partial charge on any atom is -0.468 e. The van der Waals surface area contributed by atoms with Gasteiger partial charge in [-0.05, 0) is 56.9 Å². The quantitative estimate of drug-likeness (QED) is 0.808. The lowest BCUT2D eigenvalue weighted by atomic mass is 9.83. The van der Waals surface area contributed by atoms with Gasteiger partial charge in [0.05, 0.1) is 7.11 Å². The molecular weight excluding hydrogens is 264 g/mol. The highest BCUT2D eigenvalue weighted by Crippen LogP contribution is 2.40. The first-order valence-electron chi connectivity index (χ1n) is 8.54. The number of ether oxygens (including phenoxy) is 1. The molecule has 4 heteroatoms. The number of nitrogens with one attached hydrogen (secondary N) is 1. The van der Waals surface area contributed by atoms with Crippen LogP contribution in [-0.4, -0.2) is 48.7 Å². The fraction of sp³-hybridized carbons (Fsp3) is 0.941. The van der Waals surface area contributed by atoms with Crippen molar-refractivity contribution in [3.63, 3.8) is 0 Å². The molecule has 0 bridgehead atoms. The minimum atomic E-state index is -0.415. The molecule has 0 amide bonds. The second-order valence-corrected chi connectivity index (χ2v) is 8.13. The van der Waals surface area contributed by atoms with Crippen LogP contribution in [0.1, 0.15) is 58.8 Å². The number of carbonyl (C=O) groups excluding carboxylic acids is 1. The number of rotatable bonds is 4. The maximum Gasteiger partial charge on any atom is 0.326 e. The molecule has 120 valence electrons. The molecule has 2 atom stereocenters. The van der Waals surface area contributed by atoms with E-state index in [0.717, 1.165) is 19.3 Å². The Morgan fingerprint density at radius 3 is 2.62 bits per heavy atom. The molecule has 0 aromatic rings. The number of esters is 1. The van der Waals surface area contributed by atoms with E-state index in [-0.39, 0.29) is 5.97 Å². The van der Waals surface area contributed by atoms with Gasteiger partial charge in [0, 0.05) is 18.6 Å². The van der Waals surface area contributed by atoms with E-state index in [0.29, 0.717) is 17.5 Å². The van der Waals surface area contributed by atoms with Crippen molar-refractivity contribution in [1.82, 2.24) is 10.2 Å². The van der Waals surface area contributed by atoms with E-state index in [1.54, 1.807) is 0 Å². The van der Waals surface area contributed by atoms with Crippen molar-refractivity contribution in [3.8, 4) is 0 Å². The van der Waals surface area contributed by atoms with E-state index >= 15 is 0 Å². The number of carbonyl (C=O) groups is 1. The van der Waals surface area contributed by atoms with Crippen molar-refractivity contribution in [2.45, 2.75) is 76.4 Å². The van der Waals surface area contributed by atoms with E-state index in [1.807, 2.05) is 0 Å². The molecule has 2 unspecified atom stereocenters. The highest BCUT2D eigenvalue weighted by molar-refractivity contribution is 5.81. The Kier molecular flexibility index (Phi) is 4.04. The van der Waals surface area contributed by atoms with Gasteiger partial charge in [-0.25, -0.2) is 0 Å². The molecule has 3 aliphatic rings. The zero-order valence-corrected chi connectivity index (χ0v) is 13.8. The van der Waals surface area contributed by atoms with Crippen molar-refractivity contribution >= 4 is 5.97 Å². The van der Waals surface area contributed by atoms with Crippen LogP contribution in [0.25, 0.3) is 0 Å². The summed E-state index contributed by atoms with van der Waals surface area (Å²) in [6.07, 6.45) is 7.98. The highest BCUT2D eigenvalue weighted by Gasteiger charge is 2.50. The third-order valence-corrected chi connectivity index (χ3v) is 5.57. The van der Waals surface area contributed by atoms with Crippen LogP contribution >= 0.6 is 0 Å². The number of methoxy groups -OCH3 is 1. The summed E-state index contributed by atoms with van der Waals surface area (Å²) < 4.78 is 5.12. The molecule has 4 nitrogen and oxygen atoms in total. The molecule has 1 aliphatic heterocycles. The van der Waals surface area contributed by atoms with Crippen LogP contribution in [-0.2, 0) is 9.53 Å². The average Bonchev–Trinajstić information content (AvgIpc) is 3.13. The lowest BCUT2D eigenvalue weighted by Gasteiger charge is -2.41. The molecule has 3 rings (SSSR count). The Labute approximate surface area is 128 Å². The first kappa shape index (κ1) is 15.3. The van der Waals surface area contributed by atoms with Gasteiger partial charge in [0.2, 0.25) is 0 Å². The Morgan fingerprint density at radius 2 is 2.00 bits per heavy atom. The standard InChI is InChI=1S/C17H30N2O2/c1-16(2)8-4-10-19(12-16)14-7-9-17(11-14,15(20)21-3)18-13-5-6-13/h13-14,18H,4-12H2,1-3H3. The maximum atomic E-state index is 12.4. The minimum absolute atomic E-state index is 0.0480. The normalized spacial score (nSPS) is 36.6. The summed E-state index contributed by atoms with van der Waals surface area (Å²) in [6, 6.07) is 1.08. The van der Waals surface area contributed by atoms with Crippen LogP contribution in [0.4, 0.5) is 0 Å². The van der Waals surface area contributed by atoms with Gasteiger partial charge >= 0.3 is 5.97 Å². The molecule has 1 heterocycles. The Bertz CT molecular complexity index is 406. The lowest BCUT2D eigenvalue weighted by Crippen LogP contribution is -2.53. The van der Waals surface area contributed by atoms with E-state index in [2.05, 4.69) is 24.1 Å². The average molecular weight is 294 g/mol. The Balaban J connectivity index is 1.68. The molecule has 0 spiro atoms. The van der Waals surface area contributed by atoms with Gasteiger partial charge < -0.3 is 4.74 Å². The van der Waals surface area contributed by atoms with Crippen LogP contribution in [0.5, 0.6) is 0 Å². The van der Waals surface area contributed by atoms with Gasteiger partial charge in [0.15, 0.2) is 0 Å².